The van der Waals surface area contributed by atoms with E-state index in [0.717, 1.165) is 6.42 Å². The first-order chi connectivity index (χ1) is 17.7. The van der Waals surface area contributed by atoms with Gasteiger partial charge in [0, 0.05) is 18.4 Å². The first-order valence-corrected chi connectivity index (χ1v) is 14.9. The van der Waals surface area contributed by atoms with Gasteiger partial charge in [0.2, 0.25) is 0 Å². The summed E-state index contributed by atoms with van der Waals surface area (Å²) in [6.07, 6.45) is 2.84. The van der Waals surface area contributed by atoms with Crippen LogP contribution in [0.3, 0.4) is 0 Å². The Hall–Kier alpha value is -2.78. The summed E-state index contributed by atoms with van der Waals surface area (Å²) in [5.74, 6) is 0.106. The lowest BCUT2D eigenvalue weighted by atomic mass is 9.96. The minimum absolute atomic E-state index is 0.0984. The second-order valence-corrected chi connectivity index (χ2v) is 15.2. The molecule has 3 atom stereocenters. The number of nitrogens with one attached hydrogen (secondary N) is 1. The largest absolute Gasteiger partial charge is 0.405 e. The normalized spacial score (nSPS) is 20.3. The first-order valence-electron chi connectivity index (χ1n) is 13.0. The molecule has 3 aromatic rings. The van der Waals surface area contributed by atoms with Crippen LogP contribution in [-0.2, 0) is 9.16 Å². The summed E-state index contributed by atoms with van der Waals surface area (Å²) in [6.45, 7) is 8.87. The Labute approximate surface area is 219 Å². The van der Waals surface area contributed by atoms with Crippen LogP contribution < -0.4 is 21.6 Å². The predicted molar refractivity (Wildman–Crippen MR) is 148 cm³/mol. The highest BCUT2D eigenvalue weighted by Gasteiger charge is 2.51. The quantitative estimate of drug-likeness (QED) is 0.421. The number of aromatic amines is 1. The molecule has 0 amide bonds. The summed E-state index contributed by atoms with van der Waals surface area (Å²) in [7, 11) is -2.75. The Bertz CT molecular complexity index is 1240. The molecule has 0 bridgehead atoms. The highest BCUT2D eigenvalue weighted by atomic mass is 28.4. The summed E-state index contributed by atoms with van der Waals surface area (Å²) in [5.41, 5.74) is -0.403. The van der Waals surface area contributed by atoms with Crippen molar-refractivity contribution in [3.8, 4) is 0 Å². The molecule has 2 aromatic carbocycles. The maximum atomic E-state index is 12.6. The molecule has 4 rings (SSSR count). The Morgan fingerprint density at radius 3 is 2.19 bits per heavy atom. The smallest absolute Gasteiger partial charge is 0.330 e. The lowest BCUT2D eigenvalue weighted by Gasteiger charge is -2.43. The fourth-order valence-corrected chi connectivity index (χ4v) is 10.1. The lowest BCUT2D eigenvalue weighted by Crippen LogP contribution is -2.67. The van der Waals surface area contributed by atoms with Crippen LogP contribution in [0.4, 0.5) is 0 Å². The summed E-state index contributed by atoms with van der Waals surface area (Å²) in [6, 6.07) is 20.9. The Morgan fingerprint density at radius 2 is 1.65 bits per heavy atom. The van der Waals surface area contributed by atoms with Crippen LogP contribution in [0.5, 0.6) is 0 Å². The van der Waals surface area contributed by atoms with Gasteiger partial charge in [0.1, 0.15) is 6.23 Å². The predicted octanol–water partition coefficient (Wildman–Crippen LogP) is 3.10. The highest BCUT2D eigenvalue weighted by Crippen LogP contribution is 2.40. The average molecular weight is 523 g/mol. The van der Waals surface area contributed by atoms with E-state index >= 15 is 0 Å². The van der Waals surface area contributed by atoms with E-state index in [1.807, 2.05) is 12.1 Å². The number of benzene rings is 2. The molecule has 7 nitrogen and oxygen atoms in total. The molecule has 1 fully saturated rings. The van der Waals surface area contributed by atoms with Gasteiger partial charge in [-0.1, -0.05) is 81.4 Å². The molecule has 1 aromatic heterocycles. The number of nitrogens with zero attached hydrogens (tertiary/aromatic N) is 1. The number of hydrogen-bond acceptors (Lipinski definition) is 5. The van der Waals surface area contributed by atoms with Crippen molar-refractivity contribution in [2.75, 3.05) is 13.2 Å². The third kappa shape index (κ3) is 5.57. The molecule has 8 heteroatoms. The Morgan fingerprint density at radius 1 is 1.05 bits per heavy atom. The standard InChI is InChI=1S/C29H38N2O5Si/c1-21-19-31(28(34)30-27(21)33)26-18-22(12-11-17-32)25(36-26)20-35-37(29(2,3)4,23-13-7-5-8-14-23)24-15-9-6-10-16-24/h5-10,13-16,19,22,25-26,32H,11-12,17-18,20H2,1-4H3,(H,30,33,34)/t22?,25-,26-/m1/s1. The fourth-order valence-electron chi connectivity index (χ4n) is 5.56. The van der Waals surface area contributed by atoms with Crippen LogP contribution in [0, 0.1) is 12.8 Å². The topological polar surface area (TPSA) is 93.6 Å². The van der Waals surface area contributed by atoms with Gasteiger partial charge < -0.3 is 14.3 Å². The number of rotatable bonds is 9. The molecule has 1 saturated heterocycles. The van der Waals surface area contributed by atoms with Crippen molar-refractivity contribution in [1.29, 1.82) is 0 Å². The van der Waals surface area contributed by atoms with Crippen molar-refractivity contribution in [3.63, 3.8) is 0 Å². The molecular weight excluding hydrogens is 484 g/mol. The molecule has 0 radical (unpaired) electrons. The number of aliphatic hydroxyl groups excluding tert-OH is 1. The Balaban J connectivity index is 1.69. The van der Waals surface area contributed by atoms with Crippen LogP contribution in [-0.4, -0.2) is 42.3 Å². The van der Waals surface area contributed by atoms with Crippen LogP contribution in [0.1, 0.15) is 51.8 Å². The summed E-state index contributed by atoms with van der Waals surface area (Å²) < 4.78 is 15.1. The van der Waals surface area contributed by atoms with Crippen LogP contribution >= 0.6 is 0 Å². The molecule has 2 heterocycles. The van der Waals surface area contributed by atoms with Crippen molar-refractivity contribution in [2.45, 2.75) is 64.3 Å². The van der Waals surface area contributed by atoms with E-state index in [9.17, 15) is 14.7 Å². The summed E-state index contributed by atoms with van der Waals surface area (Å²) >= 11 is 0. The summed E-state index contributed by atoms with van der Waals surface area (Å²) in [4.78, 5) is 26.9. The third-order valence-corrected chi connectivity index (χ3v) is 12.4. The molecule has 1 unspecified atom stereocenters. The zero-order valence-electron chi connectivity index (χ0n) is 22.1. The van der Waals surface area contributed by atoms with Gasteiger partial charge in [-0.15, -0.1) is 0 Å². The first kappa shape index (κ1) is 27.3. The zero-order valence-corrected chi connectivity index (χ0v) is 23.1. The maximum absolute atomic E-state index is 12.6. The monoisotopic (exact) mass is 522 g/mol. The van der Waals surface area contributed by atoms with Gasteiger partial charge in [-0.25, -0.2) is 4.79 Å². The minimum atomic E-state index is -2.75. The summed E-state index contributed by atoms with van der Waals surface area (Å²) in [5, 5.41) is 11.7. The minimum Gasteiger partial charge on any atom is -0.405 e. The van der Waals surface area contributed by atoms with E-state index in [1.165, 1.54) is 14.9 Å². The van der Waals surface area contributed by atoms with E-state index in [-0.39, 0.29) is 29.2 Å². The van der Waals surface area contributed by atoms with Gasteiger partial charge in [-0.3, -0.25) is 14.3 Å². The molecule has 37 heavy (non-hydrogen) atoms. The van der Waals surface area contributed by atoms with E-state index < -0.39 is 20.2 Å². The molecule has 2 N–H and O–H groups in total. The number of ether oxygens (including phenoxy) is 1. The number of aryl methyl sites for hydroxylation is 1. The van der Waals surface area contributed by atoms with Crippen LogP contribution in [0.25, 0.3) is 0 Å². The number of aromatic nitrogens is 2. The van der Waals surface area contributed by atoms with Gasteiger partial charge >= 0.3 is 5.69 Å². The Kier molecular flexibility index (Phi) is 8.33. The number of H-pyrrole nitrogens is 1. The molecule has 0 saturated carbocycles. The van der Waals surface area contributed by atoms with Gasteiger partial charge in [0.05, 0.1) is 12.7 Å². The number of hydrogen-bond donors (Lipinski definition) is 2. The maximum Gasteiger partial charge on any atom is 0.330 e. The van der Waals surface area contributed by atoms with Gasteiger partial charge in [0.15, 0.2) is 0 Å². The third-order valence-electron chi connectivity index (χ3n) is 7.43. The SMILES string of the molecule is Cc1cn([C@H]2CC(CCCO)[C@@H](CO[Si](c3ccccc3)(c3ccccc3)C(C)(C)C)O2)c(=O)[nH]c1=O. The van der Waals surface area contributed by atoms with Crippen molar-refractivity contribution in [3.05, 3.63) is 93.3 Å². The van der Waals surface area contributed by atoms with Crippen molar-refractivity contribution in [2.24, 2.45) is 5.92 Å². The molecule has 198 valence electrons. The second-order valence-electron chi connectivity index (χ2n) is 10.9. The van der Waals surface area contributed by atoms with Crippen LogP contribution in [0.2, 0.25) is 5.04 Å². The average Bonchev–Trinajstić information content (AvgIpc) is 3.28. The van der Waals surface area contributed by atoms with Gasteiger partial charge in [-0.05, 0) is 47.5 Å². The van der Waals surface area contributed by atoms with Crippen molar-refractivity contribution in [1.82, 2.24) is 9.55 Å². The van der Waals surface area contributed by atoms with E-state index in [4.69, 9.17) is 9.16 Å². The van der Waals surface area contributed by atoms with E-state index in [1.54, 1.807) is 13.1 Å². The fraction of sp³-hybridized carbons (Fsp3) is 0.448. The molecule has 0 aliphatic carbocycles. The van der Waals surface area contributed by atoms with E-state index in [0.29, 0.717) is 25.0 Å². The molecule has 0 spiro atoms. The zero-order chi connectivity index (χ0) is 26.6. The highest BCUT2D eigenvalue weighted by molar-refractivity contribution is 6.99. The van der Waals surface area contributed by atoms with E-state index in [2.05, 4.69) is 74.3 Å². The molecular formula is C29H38N2O5Si. The van der Waals surface area contributed by atoms with Crippen LogP contribution in [0.15, 0.2) is 76.4 Å². The van der Waals surface area contributed by atoms with Crippen molar-refractivity contribution >= 4 is 18.7 Å². The van der Waals surface area contributed by atoms with Crippen molar-refractivity contribution < 1.29 is 14.3 Å². The molecule has 1 aliphatic rings. The second kappa shape index (κ2) is 11.3. The lowest BCUT2D eigenvalue weighted by molar-refractivity contribution is -0.0303. The number of aliphatic hydroxyl groups is 1. The van der Waals surface area contributed by atoms with Gasteiger partial charge in [0.25, 0.3) is 13.9 Å². The molecule has 1 aliphatic heterocycles. The van der Waals surface area contributed by atoms with Gasteiger partial charge in [-0.2, -0.15) is 0 Å².